The highest BCUT2D eigenvalue weighted by Crippen LogP contribution is 2.34. The molecule has 0 spiro atoms. The number of nitrogens with one attached hydrogen (secondary N) is 3. The van der Waals surface area contributed by atoms with Crippen molar-refractivity contribution in [1.29, 1.82) is 0 Å². The zero-order valence-corrected chi connectivity index (χ0v) is 14.4. The lowest BCUT2D eigenvalue weighted by molar-refractivity contribution is -0.134. The van der Waals surface area contributed by atoms with Crippen molar-refractivity contribution in [3.8, 4) is 5.75 Å². The lowest BCUT2D eigenvalue weighted by Gasteiger charge is -2.36. The summed E-state index contributed by atoms with van der Waals surface area (Å²) < 4.78 is 5.88. The number of nitrogens with zero attached hydrogens (tertiary/aromatic N) is 1. The maximum Gasteiger partial charge on any atom is 0.252 e. The molecule has 2 atom stereocenters. The molecule has 1 aromatic carbocycles. The van der Waals surface area contributed by atoms with Gasteiger partial charge >= 0.3 is 0 Å². The van der Waals surface area contributed by atoms with Gasteiger partial charge in [-0.15, -0.1) is 0 Å². The normalized spacial score (nSPS) is 25.3. The van der Waals surface area contributed by atoms with Gasteiger partial charge in [-0.1, -0.05) is 0 Å². The molecule has 4 rings (SSSR count). The van der Waals surface area contributed by atoms with E-state index in [9.17, 15) is 14.4 Å². The topological polar surface area (TPSA) is 99.8 Å². The number of piperazine rings is 1. The third kappa shape index (κ3) is 3.24. The van der Waals surface area contributed by atoms with Gasteiger partial charge in [0.1, 0.15) is 11.8 Å². The Kier molecular flexibility index (Phi) is 4.50. The molecule has 3 aliphatic heterocycles. The molecule has 8 nitrogen and oxygen atoms in total. The number of piperidine rings is 1. The third-order valence-electron chi connectivity index (χ3n) is 5.13. The van der Waals surface area contributed by atoms with Gasteiger partial charge in [-0.3, -0.25) is 19.7 Å². The second-order valence-corrected chi connectivity index (χ2v) is 6.85. The van der Waals surface area contributed by atoms with Gasteiger partial charge < -0.3 is 20.3 Å². The van der Waals surface area contributed by atoms with Gasteiger partial charge in [-0.05, 0) is 24.6 Å². The minimum absolute atomic E-state index is 0.231. The number of anilines is 1. The predicted molar refractivity (Wildman–Crippen MR) is 94.2 cm³/mol. The Hall–Kier alpha value is -2.61. The van der Waals surface area contributed by atoms with Crippen LogP contribution in [0.15, 0.2) is 18.2 Å². The first-order valence-electron chi connectivity index (χ1n) is 9.00. The van der Waals surface area contributed by atoms with E-state index in [1.54, 1.807) is 12.1 Å². The second-order valence-electron chi connectivity index (χ2n) is 6.85. The molecule has 3 heterocycles. The summed E-state index contributed by atoms with van der Waals surface area (Å²) in [5.74, 6) is -0.397. The number of ether oxygens (including phenoxy) is 1. The van der Waals surface area contributed by atoms with Crippen molar-refractivity contribution < 1.29 is 19.1 Å². The Balaban J connectivity index is 1.51. The number of carbonyl (C=O) groups excluding carboxylic acids is 3. The van der Waals surface area contributed by atoms with Crippen LogP contribution in [-0.4, -0.2) is 56.0 Å². The zero-order chi connectivity index (χ0) is 18.1. The van der Waals surface area contributed by atoms with Crippen LogP contribution in [0, 0.1) is 0 Å². The average Bonchev–Trinajstić information content (AvgIpc) is 2.82. The summed E-state index contributed by atoms with van der Waals surface area (Å²) in [5, 5.41) is 8.35. The minimum Gasteiger partial charge on any atom is -0.491 e. The van der Waals surface area contributed by atoms with E-state index < -0.39 is 11.9 Å². The van der Waals surface area contributed by atoms with Crippen molar-refractivity contribution in [2.24, 2.45) is 0 Å². The van der Waals surface area contributed by atoms with E-state index in [-0.39, 0.29) is 18.2 Å². The number of benzene rings is 1. The molecule has 0 radical (unpaired) electrons. The number of fused-ring (bicyclic) bond motifs is 3. The van der Waals surface area contributed by atoms with Gasteiger partial charge in [-0.2, -0.15) is 0 Å². The fraction of sp³-hybridized carbons (Fsp3) is 0.500. The fourth-order valence-electron chi connectivity index (χ4n) is 3.72. The van der Waals surface area contributed by atoms with Crippen molar-refractivity contribution in [3.63, 3.8) is 0 Å². The Morgan fingerprint density at radius 2 is 2.15 bits per heavy atom. The molecule has 26 heavy (non-hydrogen) atoms. The Labute approximate surface area is 151 Å². The first kappa shape index (κ1) is 16.8. The summed E-state index contributed by atoms with van der Waals surface area (Å²) in [5.41, 5.74) is 1.45. The van der Waals surface area contributed by atoms with E-state index in [4.69, 9.17) is 4.74 Å². The second kappa shape index (κ2) is 6.95. The largest absolute Gasteiger partial charge is 0.491 e. The van der Waals surface area contributed by atoms with Crippen LogP contribution in [0.2, 0.25) is 0 Å². The summed E-state index contributed by atoms with van der Waals surface area (Å²) in [6.07, 6.45) is 1.48. The quantitative estimate of drug-likeness (QED) is 0.632. The predicted octanol–water partition coefficient (Wildman–Crippen LogP) is -0.218. The maximum atomic E-state index is 12.5. The SMILES string of the molecule is O=C1CC[C@H](NC(=O)c2ccc3c(c2)OCC[C@H]2CNCCN32)C(=O)N1. The van der Waals surface area contributed by atoms with Gasteiger partial charge in [0.15, 0.2) is 0 Å². The minimum atomic E-state index is -0.683. The number of imide groups is 1. The van der Waals surface area contributed by atoms with Crippen LogP contribution in [0.4, 0.5) is 5.69 Å². The molecule has 3 aliphatic rings. The van der Waals surface area contributed by atoms with Crippen molar-refractivity contribution in [3.05, 3.63) is 23.8 Å². The van der Waals surface area contributed by atoms with Crippen LogP contribution in [-0.2, 0) is 9.59 Å². The summed E-state index contributed by atoms with van der Waals surface area (Å²) in [6, 6.07) is 5.12. The van der Waals surface area contributed by atoms with E-state index in [0.29, 0.717) is 30.4 Å². The highest BCUT2D eigenvalue weighted by molar-refractivity contribution is 6.04. The number of amides is 3. The molecule has 2 saturated heterocycles. The Bertz CT molecular complexity index is 751. The lowest BCUT2D eigenvalue weighted by Crippen LogP contribution is -2.52. The Morgan fingerprint density at radius 3 is 3.00 bits per heavy atom. The van der Waals surface area contributed by atoms with Crippen LogP contribution in [0.3, 0.4) is 0 Å². The van der Waals surface area contributed by atoms with E-state index in [2.05, 4.69) is 20.9 Å². The molecule has 0 aromatic heterocycles. The van der Waals surface area contributed by atoms with E-state index in [0.717, 1.165) is 31.7 Å². The van der Waals surface area contributed by atoms with Crippen LogP contribution in [0.5, 0.6) is 5.75 Å². The molecule has 3 N–H and O–H groups in total. The molecule has 138 valence electrons. The van der Waals surface area contributed by atoms with Crippen LogP contribution in [0.25, 0.3) is 0 Å². The van der Waals surface area contributed by atoms with Gasteiger partial charge in [-0.25, -0.2) is 0 Å². The third-order valence-corrected chi connectivity index (χ3v) is 5.13. The molecule has 0 aliphatic carbocycles. The highest BCUT2D eigenvalue weighted by atomic mass is 16.5. The van der Waals surface area contributed by atoms with Crippen molar-refractivity contribution >= 4 is 23.4 Å². The number of hydrogen-bond acceptors (Lipinski definition) is 6. The van der Waals surface area contributed by atoms with Crippen molar-refractivity contribution in [1.82, 2.24) is 16.0 Å². The number of carbonyl (C=O) groups is 3. The highest BCUT2D eigenvalue weighted by Gasteiger charge is 2.30. The number of hydrogen-bond donors (Lipinski definition) is 3. The summed E-state index contributed by atoms with van der Waals surface area (Å²) >= 11 is 0. The van der Waals surface area contributed by atoms with E-state index in [1.165, 1.54) is 0 Å². The van der Waals surface area contributed by atoms with Crippen LogP contribution >= 0.6 is 0 Å². The van der Waals surface area contributed by atoms with E-state index >= 15 is 0 Å². The number of rotatable bonds is 2. The summed E-state index contributed by atoms with van der Waals surface area (Å²) in [4.78, 5) is 37.9. The molecule has 8 heteroatoms. The first-order chi connectivity index (χ1) is 12.6. The molecular weight excluding hydrogens is 336 g/mol. The summed E-state index contributed by atoms with van der Waals surface area (Å²) in [7, 11) is 0. The van der Waals surface area contributed by atoms with Crippen molar-refractivity contribution in [2.75, 3.05) is 31.1 Å². The van der Waals surface area contributed by atoms with Gasteiger partial charge in [0.05, 0.1) is 12.3 Å². The molecular formula is C18H22N4O4. The molecule has 3 amide bonds. The summed E-state index contributed by atoms with van der Waals surface area (Å²) in [6.45, 7) is 3.37. The van der Waals surface area contributed by atoms with Gasteiger partial charge in [0, 0.05) is 44.1 Å². The van der Waals surface area contributed by atoms with Gasteiger partial charge in [0.25, 0.3) is 5.91 Å². The van der Waals surface area contributed by atoms with Crippen LogP contribution < -0.4 is 25.6 Å². The smallest absolute Gasteiger partial charge is 0.252 e. The monoisotopic (exact) mass is 358 g/mol. The zero-order valence-electron chi connectivity index (χ0n) is 14.4. The van der Waals surface area contributed by atoms with Gasteiger partial charge in [0.2, 0.25) is 11.8 Å². The molecule has 0 saturated carbocycles. The molecule has 1 aromatic rings. The Morgan fingerprint density at radius 1 is 1.27 bits per heavy atom. The van der Waals surface area contributed by atoms with E-state index in [1.807, 2.05) is 6.07 Å². The fourth-order valence-corrected chi connectivity index (χ4v) is 3.72. The maximum absolute atomic E-state index is 12.5. The molecule has 0 unspecified atom stereocenters. The molecule has 0 bridgehead atoms. The lowest BCUT2D eigenvalue weighted by atomic mass is 10.0. The van der Waals surface area contributed by atoms with Crippen molar-refractivity contribution in [2.45, 2.75) is 31.3 Å². The van der Waals surface area contributed by atoms with Crippen LogP contribution in [0.1, 0.15) is 29.6 Å². The average molecular weight is 358 g/mol. The standard InChI is InChI=1S/C18H22N4O4/c23-16-4-2-13(18(25)21-16)20-17(24)11-1-3-14-15(9-11)26-8-5-12-10-19-6-7-22(12)14/h1,3,9,12-13,19H,2,4-8,10H2,(H,20,24)(H,21,23,25)/t12-,13-/m0/s1. The first-order valence-corrected chi connectivity index (χ1v) is 9.00. The molecule has 2 fully saturated rings.